The van der Waals surface area contributed by atoms with Crippen LogP contribution in [0.2, 0.25) is 0 Å². The summed E-state index contributed by atoms with van der Waals surface area (Å²) in [6.07, 6.45) is 0. The Bertz CT molecular complexity index is 1150. The minimum absolute atomic E-state index is 0.0269. The Kier molecular flexibility index (Phi) is 8.99. The van der Waals surface area contributed by atoms with Crippen molar-refractivity contribution in [2.24, 2.45) is 0 Å². The number of hydrogen-bond acceptors (Lipinski definition) is 8. The molecule has 0 fully saturated rings. The van der Waals surface area contributed by atoms with E-state index in [4.69, 9.17) is 20.9 Å². The molecule has 0 aliphatic carbocycles. The average molecular weight is 491 g/mol. The lowest BCUT2D eigenvalue weighted by Crippen LogP contribution is -2.29. The standard InChI is InChI=1S/C26H26N4O6/c27-21-7-3-1-5-19(21)25(33)35-15-13-29-23(31)17-9-11-18(12-10-17)24(32)30-14-16-36-26(34)20-6-2-4-8-22(20)28/h1-12H,13-16,27-28H2,(H,29,31)(H,30,32). The highest BCUT2D eigenvalue weighted by molar-refractivity contribution is 5.98. The van der Waals surface area contributed by atoms with Crippen LogP contribution < -0.4 is 22.1 Å². The lowest BCUT2D eigenvalue weighted by molar-refractivity contribution is 0.0497. The topological polar surface area (TPSA) is 163 Å². The van der Waals surface area contributed by atoms with Gasteiger partial charge in [-0.25, -0.2) is 9.59 Å². The first-order valence-electron chi connectivity index (χ1n) is 11.1. The van der Waals surface area contributed by atoms with Gasteiger partial charge in [-0.2, -0.15) is 0 Å². The summed E-state index contributed by atoms with van der Waals surface area (Å²) in [6.45, 7) is 0.154. The second-order valence-electron chi connectivity index (χ2n) is 7.54. The fourth-order valence-corrected chi connectivity index (χ4v) is 3.11. The van der Waals surface area contributed by atoms with Gasteiger partial charge in [0.05, 0.1) is 24.2 Å². The lowest BCUT2D eigenvalue weighted by Gasteiger charge is -2.09. The van der Waals surface area contributed by atoms with E-state index in [1.165, 1.54) is 24.3 Å². The Hall–Kier alpha value is -4.86. The van der Waals surface area contributed by atoms with Crippen molar-refractivity contribution in [2.75, 3.05) is 37.8 Å². The molecular formula is C26H26N4O6. The van der Waals surface area contributed by atoms with Gasteiger partial charge in [0.2, 0.25) is 0 Å². The minimum atomic E-state index is -0.573. The van der Waals surface area contributed by atoms with Crippen LogP contribution in [0.15, 0.2) is 72.8 Å². The summed E-state index contributed by atoms with van der Waals surface area (Å²) in [7, 11) is 0. The number of ether oxygens (including phenoxy) is 2. The number of amides is 2. The number of carbonyl (C=O) groups is 4. The van der Waals surface area contributed by atoms with Gasteiger partial charge in [-0.15, -0.1) is 0 Å². The molecule has 0 aromatic heterocycles. The maximum atomic E-state index is 12.3. The van der Waals surface area contributed by atoms with E-state index in [1.54, 1.807) is 48.5 Å². The van der Waals surface area contributed by atoms with Crippen molar-refractivity contribution in [3.8, 4) is 0 Å². The van der Waals surface area contributed by atoms with E-state index in [2.05, 4.69) is 10.6 Å². The van der Waals surface area contributed by atoms with Crippen LogP contribution in [0.25, 0.3) is 0 Å². The minimum Gasteiger partial charge on any atom is -0.460 e. The smallest absolute Gasteiger partial charge is 0.340 e. The predicted molar refractivity (Wildman–Crippen MR) is 133 cm³/mol. The molecule has 0 saturated carbocycles. The zero-order valence-corrected chi connectivity index (χ0v) is 19.4. The third-order valence-corrected chi connectivity index (χ3v) is 5.01. The summed E-state index contributed by atoms with van der Waals surface area (Å²) in [5, 5.41) is 5.27. The van der Waals surface area contributed by atoms with Gasteiger partial charge in [-0.1, -0.05) is 24.3 Å². The third kappa shape index (κ3) is 7.07. The molecule has 6 N–H and O–H groups in total. The number of nitrogens with one attached hydrogen (secondary N) is 2. The normalized spacial score (nSPS) is 10.2. The van der Waals surface area contributed by atoms with Crippen molar-refractivity contribution in [2.45, 2.75) is 0 Å². The van der Waals surface area contributed by atoms with E-state index in [0.717, 1.165) is 0 Å². The number of anilines is 2. The number of para-hydroxylation sites is 2. The molecule has 0 bridgehead atoms. The highest BCUT2D eigenvalue weighted by Crippen LogP contribution is 2.12. The molecule has 0 heterocycles. The van der Waals surface area contributed by atoms with Crippen LogP contribution in [-0.4, -0.2) is 50.1 Å². The summed E-state index contributed by atoms with van der Waals surface area (Å²) in [5.41, 5.74) is 13.3. The van der Waals surface area contributed by atoms with Crippen molar-refractivity contribution in [1.29, 1.82) is 0 Å². The zero-order valence-electron chi connectivity index (χ0n) is 19.4. The number of nitrogen functional groups attached to an aromatic ring is 2. The average Bonchev–Trinajstić information content (AvgIpc) is 2.89. The summed E-state index contributed by atoms with van der Waals surface area (Å²) in [5.74, 6) is -1.91. The van der Waals surface area contributed by atoms with Gasteiger partial charge in [0.15, 0.2) is 0 Å². The van der Waals surface area contributed by atoms with Gasteiger partial charge in [0.25, 0.3) is 11.8 Å². The van der Waals surface area contributed by atoms with Crippen molar-refractivity contribution < 1.29 is 28.7 Å². The summed E-state index contributed by atoms with van der Waals surface area (Å²) < 4.78 is 10.2. The van der Waals surface area contributed by atoms with Gasteiger partial charge in [0, 0.05) is 22.5 Å². The van der Waals surface area contributed by atoms with E-state index in [1.807, 2.05) is 0 Å². The van der Waals surface area contributed by atoms with E-state index in [0.29, 0.717) is 22.5 Å². The first kappa shape index (κ1) is 25.8. The molecule has 10 nitrogen and oxygen atoms in total. The predicted octanol–water partition coefficient (Wildman–Crippen LogP) is 2.02. The zero-order chi connectivity index (χ0) is 25.9. The van der Waals surface area contributed by atoms with Gasteiger partial charge in [0.1, 0.15) is 13.2 Å². The number of benzene rings is 3. The van der Waals surface area contributed by atoms with Crippen LogP contribution in [-0.2, 0) is 9.47 Å². The largest absolute Gasteiger partial charge is 0.460 e. The fraction of sp³-hybridized carbons (Fsp3) is 0.154. The Labute approximate surface area is 207 Å². The molecule has 0 unspecified atom stereocenters. The number of carbonyl (C=O) groups excluding carboxylic acids is 4. The molecule has 10 heteroatoms. The Morgan fingerprint density at radius 3 is 1.31 bits per heavy atom. The first-order chi connectivity index (χ1) is 17.4. The Balaban J connectivity index is 1.37. The summed E-state index contributed by atoms with van der Waals surface area (Å²) in [4.78, 5) is 48.6. The van der Waals surface area contributed by atoms with Crippen molar-refractivity contribution >= 4 is 35.1 Å². The van der Waals surface area contributed by atoms with Crippen molar-refractivity contribution in [3.63, 3.8) is 0 Å². The number of nitrogens with two attached hydrogens (primary N) is 2. The van der Waals surface area contributed by atoms with E-state index < -0.39 is 11.9 Å². The molecule has 3 aromatic rings. The molecular weight excluding hydrogens is 464 g/mol. The van der Waals surface area contributed by atoms with Gasteiger partial charge in [-0.3, -0.25) is 9.59 Å². The monoisotopic (exact) mass is 490 g/mol. The Morgan fingerprint density at radius 2 is 0.944 bits per heavy atom. The molecule has 0 spiro atoms. The quantitative estimate of drug-likeness (QED) is 0.191. The maximum Gasteiger partial charge on any atom is 0.340 e. The van der Waals surface area contributed by atoms with Crippen LogP contribution in [0.5, 0.6) is 0 Å². The first-order valence-corrected chi connectivity index (χ1v) is 11.1. The fourth-order valence-electron chi connectivity index (χ4n) is 3.11. The molecule has 0 radical (unpaired) electrons. The number of hydrogen-bond donors (Lipinski definition) is 4. The van der Waals surface area contributed by atoms with E-state index >= 15 is 0 Å². The third-order valence-electron chi connectivity index (χ3n) is 5.01. The molecule has 36 heavy (non-hydrogen) atoms. The summed E-state index contributed by atoms with van der Waals surface area (Å²) >= 11 is 0. The van der Waals surface area contributed by atoms with Crippen LogP contribution >= 0.6 is 0 Å². The van der Waals surface area contributed by atoms with Crippen LogP contribution in [0, 0.1) is 0 Å². The maximum absolute atomic E-state index is 12.3. The highest BCUT2D eigenvalue weighted by atomic mass is 16.5. The number of esters is 2. The highest BCUT2D eigenvalue weighted by Gasteiger charge is 2.13. The molecule has 0 saturated heterocycles. The van der Waals surface area contributed by atoms with E-state index in [9.17, 15) is 19.2 Å². The van der Waals surface area contributed by atoms with Crippen LogP contribution in [0.4, 0.5) is 11.4 Å². The second kappa shape index (κ2) is 12.6. The second-order valence-corrected chi connectivity index (χ2v) is 7.54. The van der Waals surface area contributed by atoms with Crippen molar-refractivity contribution in [1.82, 2.24) is 10.6 Å². The van der Waals surface area contributed by atoms with Crippen LogP contribution in [0.1, 0.15) is 41.4 Å². The van der Waals surface area contributed by atoms with Crippen LogP contribution in [0.3, 0.4) is 0 Å². The van der Waals surface area contributed by atoms with Gasteiger partial charge < -0.3 is 31.6 Å². The molecule has 0 atom stereocenters. The molecule has 186 valence electrons. The van der Waals surface area contributed by atoms with Gasteiger partial charge in [-0.05, 0) is 48.5 Å². The van der Waals surface area contributed by atoms with Gasteiger partial charge >= 0.3 is 11.9 Å². The molecule has 2 amide bonds. The lowest BCUT2D eigenvalue weighted by atomic mass is 10.1. The Morgan fingerprint density at radius 1 is 0.583 bits per heavy atom. The molecule has 3 aromatic carbocycles. The summed E-state index contributed by atoms with van der Waals surface area (Å²) in [6, 6.07) is 19.1. The molecule has 3 rings (SSSR count). The number of rotatable bonds is 10. The van der Waals surface area contributed by atoms with E-state index in [-0.39, 0.29) is 49.2 Å². The molecule has 0 aliphatic heterocycles. The van der Waals surface area contributed by atoms with Crippen molar-refractivity contribution in [3.05, 3.63) is 95.1 Å². The molecule has 0 aliphatic rings. The SMILES string of the molecule is Nc1ccccc1C(=O)OCCNC(=O)c1ccc(C(=O)NCCOC(=O)c2ccccc2N)cc1.